The fourth-order valence-electron chi connectivity index (χ4n) is 4.52. The summed E-state index contributed by atoms with van der Waals surface area (Å²) in [6.45, 7) is 0.329. The van der Waals surface area contributed by atoms with Crippen LogP contribution >= 0.6 is 0 Å². The van der Waals surface area contributed by atoms with E-state index in [0.29, 0.717) is 37.0 Å². The van der Waals surface area contributed by atoms with Gasteiger partial charge >= 0.3 is 12.2 Å². The summed E-state index contributed by atoms with van der Waals surface area (Å²) in [5.41, 5.74) is -1.44. The quantitative estimate of drug-likeness (QED) is 0.182. The first-order valence-electron chi connectivity index (χ1n) is 12.3. The average Bonchev–Trinajstić information content (AvgIpc) is 2.86. The Morgan fingerprint density at radius 1 is 0.683 bits per heavy atom. The van der Waals surface area contributed by atoms with Crippen LogP contribution in [0.2, 0.25) is 0 Å². The Balaban J connectivity index is 1.43. The Morgan fingerprint density at radius 3 is 1.80 bits per heavy atom. The third-order valence-corrected chi connectivity index (χ3v) is 6.61. The third kappa shape index (κ3) is 7.17. The van der Waals surface area contributed by atoms with Crippen molar-refractivity contribution in [1.29, 1.82) is 0 Å². The van der Waals surface area contributed by atoms with E-state index in [-0.39, 0.29) is 23.6 Å². The van der Waals surface area contributed by atoms with Crippen LogP contribution in [-0.2, 0) is 6.11 Å². The van der Waals surface area contributed by atoms with Gasteiger partial charge in [0.1, 0.15) is 28.7 Å². The van der Waals surface area contributed by atoms with E-state index in [0.717, 1.165) is 25.0 Å². The maximum atomic E-state index is 14.8. The first-order valence-corrected chi connectivity index (χ1v) is 12.3. The van der Waals surface area contributed by atoms with Gasteiger partial charge in [-0.3, -0.25) is 0 Å². The minimum absolute atomic E-state index is 0.148. The predicted octanol–water partition coefficient (Wildman–Crippen LogP) is 8.99. The Kier molecular flexibility index (Phi) is 8.65. The van der Waals surface area contributed by atoms with Crippen molar-refractivity contribution >= 4 is 0 Å². The molecule has 0 aromatic heterocycles. The highest BCUT2D eigenvalue weighted by atomic mass is 19.3. The highest BCUT2D eigenvalue weighted by molar-refractivity contribution is 5.36. The van der Waals surface area contributed by atoms with Crippen molar-refractivity contribution in [3.8, 4) is 17.2 Å². The number of hydrogen-bond acceptors (Lipinski definition) is 3. The summed E-state index contributed by atoms with van der Waals surface area (Å²) in [7, 11) is 0. The fraction of sp³-hybridized carbons (Fsp3) is 0.357. The zero-order valence-corrected chi connectivity index (χ0v) is 21.2. The Hall–Kier alpha value is -3.64. The molecule has 1 aliphatic carbocycles. The molecule has 3 nitrogen and oxygen atoms in total. The normalized spacial score (nSPS) is 17.8. The standard InChI is InChI=1S/C28H22F10O3/c1-14-2-4-15(5-3-14)16-8-20(30)25(21(31)9-16)28(37,38)41-17-6-7-24(19(29)10-17)39-13-27(35,36)40-18-11-22(32)26(34)23(33)12-18/h6-12,14-15H,2-5,13H2,1H3. The minimum atomic E-state index is -4.58. The summed E-state index contributed by atoms with van der Waals surface area (Å²) in [6.07, 6.45) is -5.91. The SMILES string of the molecule is CC1CCC(c2cc(F)c(C(F)(F)Oc3ccc(OCC(F)(F)Oc4cc(F)c(F)c(F)c4)c(F)c3)c(F)c2)CC1. The maximum Gasteiger partial charge on any atom is 0.433 e. The second kappa shape index (κ2) is 11.7. The van der Waals surface area contributed by atoms with E-state index in [1.807, 2.05) is 6.92 Å². The van der Waals surface area contributed by atoms with Crippen molar-refractivity contribution in [3.63, 3.8) is 0 Å². The van der Waals surface area contributed by atoms with Gasteiger partial charge in [0.15, 0.2) is 35.6 Å². The molecule has 13 heteroatoms. The molecule has 0 atom stereocenters. The zero-order valence-electron chi connectivity index (χ0n) is 21.2. The first kappa shape index (κ1) is 30.3. The van der Waals surface area contributed by atoms with Crippen molar-refractivity contribution in [2.75, 3.05) is 6.61 Å². The van der Waals surface area contributed by atoms with Gasteiger partial charge in [0, 0.05) is 18.2 Å². The lowest BCUT2D eigenvalue weighted by atomic mass is 9.79. The van der Waals surface area contributed by atoms with Gasteiger partial charge < -0.3 is 14.2 Å². The third-order valence-electron chi connectivity index (χ3n) is 6.61. The van der Waals surface area contributed by atoms with Crippen LogP contribution in [0.25, 0.3) is 0 Å². The van der Waals surface area contributed by atoms with E-state index in [2.05, 4.69) is 14.2 Å². The van der Waals surface area contributed by atoms with Gasteiger partial charge in [-0.25, -0.2) is 26.3 Å². The van der Waals surface area contributed by atoms with Crippen LogP contribution in [0.4, 0.5) is 43.9 Å². The van der Waals surface area contributed by atoms with Gasteiger partial charge in [-0.1, -0.05) is 19.8 Å². The summed E-state index contributed by atoms with van der Waals surface area (Å²) in [6, 6.07) is 3.54. The molecule has 222 valence electrons. The number of hydrogen-bond donors (Lipinski definition) is 0. The lowest BCUT2D eigenvalue weighted by Crippen LogP contribution is -2.32. The second-order valence-electron chi connectivity index (χ2n) is 9.76. The fourth-order valence-corrected chi connectivity index (χ4v) is 4.52. The molecule has 1 fully saturated rings. The molecule has 0 heterocycles. The lowest BCUT2D eigenvalue weighted by molar-refractivity contribution is -0.196. The van der Waals surface area contributed by atoms with Crippen LogP contribution < -0.4 is 14.2 Å². The van der Waals surface area contributed by atoms with Crippen LogP contribution in [0.15, 0.2) is 42.5 Å². The molecule has 41 heavy (non-hydrogen) atoms. The van der Waals surface area contributed by atoms with E-state index in [1.165, 1.54) is 0 Å². The molecule has 0 radical (unpaired) electrons. The maximum absolute atomic E-state index is 14.8. The van der Waals surface area contributed by atoms with Crippen LogP contribution in [0.3, 0.4) is 0 Å². The van der Waals surface area contributed by atoms with Crippen molar-refractivity contribution in [1.82, 2.24) is 0 Å². The molecule has 0 spiro atoms. The van der Waals surface area contributed by atoms with E-state index < -0.39 is 76.5 Å². The van der Waals surface area contributed by atoms with Gasteiger partial charge in [0.05, 0.1) is 0 Å². The molecule has 0 bridgehead atoms. The molecule has 1 saturated carbocycles. The van der Waals surface area contributed by atoms with Crippen LogP contribution in [-0.4, -0.2) is 12.7 Å². The highest BCUT2D eigenvalue weighted by Gasteiger charge is 2.42. The largest absolute Gasteiger partial charge is 0.480 e. The molecule has 4 rings (SSSR count). The summed E-state index contributed by atoms with van der Waals surface area (Å²) >= 11 is 0. The first-order chi connectivity index (χ1) is 19.1. The zero-order chi connectivity index (χ0) is 30.1. The number of rotatable bonds is 9. The Labute approximate surface area is 227 Å². The molecule has 0 aliphatic heterocycles. The van der Waals surface area contributed by atoms with Crippen LogP contribution in [0, 0.1) is 40.8 Å². The summed E-state index contributed by atoms with van der Waals surface area (Å²) in [5.74, 6) is -12.7. The summed E-state index contributed by atoms with van der Waals surface area (Å²) < 4.78 is 154. The van der Waals surface area contributed by atoms with Crippen LogP contribution in [0.1, 0.15) is 49.7 Å². The van der Waals surface area contributed by atoms with E-state index in [1.54, 1.807) is 0 Å². The van der Waals surface area contributed by atoms with Gasteiger partial charge in [-0.15, -0.1) is 0 Å². The average molecular weight is 596 g/mol. The molecule has 0 N–H and O–H groups in total. The second-order valence-corrected chi connectivity index (χ2v) is 9.76. The predicted molar refractivity (Wildman–Crippen MR) is 125 cm³/mol. The van der Waals surface area contributed by atoms with Crippen molar-refractivity contribution in [2.45, 2.75) is 50.7 Å². The molecular weight excluding hydrogens is 574 g/mol. The monoisotopic (exact) mass is 596 g/mol. The van der Waals surface area contributed by atoms with Crippen molar-refractivity contribution in [2.24, 2.45) is 5.92 Å². The molecule has 1 aliphatic rings. The molecular formula is C28H22F10O3. The lowest BCUT2D eigenvalue weighted by Gasteiger charge is -2.27. The minimum Gasteiger partial charge on any atom is -0.480 e. The van der Waals surface area contributed by atoms with Crippen molar-refractivity contribution in [3.05, 3.63) is 88.5 Å². The number of halogens is 10. The Morgan fingerprint density at radius 2 is 1.24 bits per heavy atom. The highest BCUT2D eigenvalue weighted by Crippen LogP contribution is 2.40. The molecule has 3 aromatic rings. The number of alkyl halides is 4. The van der Waals surface area contributed by atoms with Gasteiger partial charge in [0.25, 0.3) is 0 Å². The molecule has 0 saturated heterocycles. The van der Waals surface area contributed by atoms with Gasteiger partial charge in [-0.05, 0) is 54.5 Å². The topological polar surface area (TPSA) is 27.7 Å². The number of ether oxygens (including phenoxy) is 3. The smallest absolute Gasteiger partial charge is 0.433 e. The van der Waals surface area contributed by atoms with Crippen LogP contribution in [0.5, 0.6) is 17.2 Å². The van der Waals surface area contributed by atoms with Crippen molar-refractivity contribution < 1.29 is 58.1 Å². The molecule has 3 aromatic carbocycles. The molecule has 0 amide bonds. The van der Waals surface area contributed by atoms with Gasteiger partial charge in [0.2, 0.25) is 0 Å². The van der Waals surface area contributed by atoms with E-state index >= 15 is 0 Å². The summed E-state index contributed by atoms with van der Waals surface area (Å²) in [4.78, 5) is 0. The van der Waals surface area contributed by atoms with Gasteiger partial charge in [-0.2, -0.15) is 17.6 Å². The summed E-state index contributed by atoms with van der Waals surface area (Å²) in [5, 5.41) is 0. The van der Waals surface area contributed by atoms with E-state index in [9.17, 15) is 43.9 Å². The van der Waals surface area contributed by atoms with E-state index in [4.69, 9.17) is 0 Å². The number of benzene rings is 3. The Bertz CT molecular complexity index is 1360. The molecule has 0 unspecified atom stereocenters.